The smallest absolute Gasteiger partial charge is 0.241 e. The molecular formula is C22H16F2N4O2. The van der Waals surface area contributed by atoms with Gasteiger partial charge in [0.1, 0.15) is 23.7 Å². The Morgan fingerprint density at radius 1 is 1.10 bits per heavy atom. The van der Waals surface area contributed by atoms with E-state index in [-0.39, 0.29) is 18.1 Å². The summed E-state index contributed by atoms with van der Waals surface area (Å²) in [5, 5.41) is 6.69. The number of halogens is 2. The van der Waals surface area contributed by atoms with Crippen LogP contribution < -0.4 is 5.32 Å². The van der Waals surface area contributed by atoms with E-state index in [0.717, 1.165) is 0 Å². The zero-order valence-corrected chi connectivity index (χ0v) is 15.9. The largest absolute Gasteiger partial charge is 0.337 e. The second-order valence-electron chi connectivity index (χ2n) is 6.60. The fourth-order valence-corrected chi connectivity index (χ4v) is 3.08. The second kappa shape index (κ2) is 8.20. The minimum Gasteiger partial charge on any atom is -0.337 e. The lowest BCUT2D eigenvalue weighted by atomic mass is 10.0. The minimum atomic E-state index is -0.472. The summed E-state index contributed by atoms with van der Waals surface area (Å²) in [7, 11) is 0. The van der Waals surface area contributed by atoms with E-state index in [4.69, 9.17) is 4.52 Å². The Balaban J connectivity index is 1.70. The Morgan fingerprint density at radius 2 is 1.90 bits per heavy atom. The van der Waals surface area contributed by atoms with Crippen molar-refractivity contribution >= 4 is 11.8 Å². The van der Waals surface area contributed by atoms with E-state index in [2.05, 4.69) is 20.4 Å². The van der Waals surface area contributed by atoms with Gasteiger partial charge in [-0.15, -0.1) is 0 Å². The van der Waals surface area contributed by atoms with Gasteiger partial charge >= 0.3 is 0 Å². The van der Waals surface area contributed by atoms with Gasteiger partial charge in [-0.1, -0.05) is 17.3 Å². The van der Waals surface area contributed by atoms with E-state index in [9.17, 15) is 13.6 Å². The molecule has 0 aliphatic heterocycles. The van der Waals surface area contributed by atoms with Crippen LogP contribution in [0.2, 0.25) is 0 Å². The lowest BCUT2D eigenvalue weighted by molar-refractivity contribution is -0.115. The number of carbonyl (C=O) groups is 1. The van der Waals surface area contributed by atoms with Crippen LogP contribution in [0.15, 0.2) is 65.6 Å². The molecule has 0 atom stereocenters. The highest BCUT2D eigenvalue weighted by molar-refractivity contribution is 5.97. The van der Waals surface area contributed by atoms with Gasteiger partial charge in [0.15, 0.2) is 0 Å². The third-order valence-electron chi connectivity index (χ3n) is 4.59. The summed E-state index contributed by atoms with van der Waals surface area (Å²) in [5.41, 5.74) is 2.82. The van der Waals surface area contributed by atoms with Gasteiger partial charge in [-0.05, 0) is 48.9 Å². The summed E-state index contributed by atoms with van der Waals surface area (Å²) in [4.78, 5) is 20.7. The molecular weight excluding hydrogens is 390 g/mol. The Labute approximate surface area is 170 Å². The number of aryl methyl sites for hydroxylation is 1. The van der Waals surface area contributed by atoms with E-state index >= 15 is 0 Å². The van der Waals surface area contributed by atoms with Crippen LogP contribution in [0, 0.1) is 18.6 Å². The number of nitrogens with one attached hydrogen (secondary N) is 1. The first-order valence-corrected chi connectivity index (χ1v) is 9.09. The minimum absolute atomic E-state index is 0.0621. The number of rotatable bonds is 5. The first-order chi connectivity index (χ1) is 14.5. The average Bonchev–Trinajstić information content (AvgIpc) is 3.15. The summed E-state index contributed by atoms with van der Waals surface area (Å²) >= 11 is 0. The van der Waals surface area contributed by atoms with Gasteiger partial charge in [-0.2, -0.15) is 0 Å². The van der Waals surface area contributed by atoms with Gasteiger partial charge in [0.25, 0.3) is 0 Å². The molecule has 8 heteroatoms. The molecule has 0 aliphatic carbocycles. The van der Waals surface area contributed by atoms with Crippen LogP contribution in [0.25, 0.3) is 22.5 Å². The van der Waals surface area contributed by atoms with E-state index < -0.39 is 11.7 Å². The predicted molar refractivity (Wildman–Crippen MR) is 106 cm³/mol. The molecule has 4 rings (SSSR count). The zero-order valence-electron chi connectivity index (χ0n) is 15.9. The van der Waals surface area contributed by atoms with Crippen molar-refractivity contribution in [3.63, 3.8) is 0 Å². The Morgan fingerprint density at radius 3 is 2.60 bits per heavy atom. The molecule has 0 saturated heterocycles. The zero-order chi connectivity index (χ0) is 21.1. The van der Waals surface area contributed by atoms with Crippen LogP contribution in [-0.2, 0) is 11.2 Å². The topological polar surface area (TPSA) is 80.9 Å². The standard InChI is InChI=1S/C22H16F2N4O2/c1-13-3-2-4-17(24)16(13)11-19(29)27-22-20(18-9-10-25-12-26-18)21(28-30-22)14-5-7-15(23)8-6-14/h2-10,12H,11H2,1H3,(H,27,29). The number of nitrogens with zero attached hydrogens (tertiary/aromatic N) is 3. The van der Waals surface area contributed by atoms with Gasteiger partial charge in [-0.3, -0.25) is 10.1 Å². The highest BCUT2D eigenvalue weighted by atomic mass is 19.1. The van der Waals surface area contributed by atoms with Crippen LogP contribution in [-0.4, -0.2) is 21.0 Å². The summed E-state index contributed by atoms with van der Waals surface area (Å²) in [5.74, 6) is -1.25. The van der Waals surface area contributed by atoms with Crippen LogP contribution in [0.4, 0.5) is 14.7 Å². The first-order valence-electron chi connectivity index (χ1n) is 9.09. The molecule has 4 aromatic rings. The molecule has 1 amide bonds. The molecule has 0 radical (unpaired) electrons. The normalized spacial score (nSPS) is 10.8. The van der Waals surface area contributed by atoms with Crippen molar-refractivity contribution in [2.24, 2.45) is 0 Å². The fraction of sp³-hybridized carbons (Fsp3) is 0.0909. The van der Waals surface area contributed by atoms with Crippen LogP contribution in [0.3, 0.4) is 0 Å². The third-order valence-corrected chi connectivity index (χ3v) is 4.59. The molecule has 150 valence electrons. The van der Waals surface area contributed by atoms with Gasteiger partial charge in [0, 0.05) is 17.3 Å². The molecule has 0 saturated carbocycles. The number of anilines is 1. The Kier molecular flexibility index (Phi) is 5.30. The quantitative estimate of drug-likeness (QED) is 0.525. The summed E-state index contributed by atoms with van der Waals surface area (Å²) < 4.78 is 32.8. The number of benzene rings is 2. The maximum atomic E-state index is 14.1. The fourth-order valence-electron chi connectivity index (χ4n) is 3.08. The van der Waals surface area contributed by atoms with Gasteiger partial charge in [-0.25, -0.2) is 18.7 Å². The summed E-state index contributed by atoms with van der Waals surface area (Å²) in [6.45, 7) is 1.74. The van der Waals surface area contributed by atoms with E-state index in [1.54, 1.807) is 37.3 Å². The SMILES string of the molecule is Cc1cccc(F)c1CC(=O)Nc1onc(-c2ccc(F)cc2)c1-c1ccncn1. The van der Waals surface area contributed by atoms with Gasteiger partial charge < -0.3 is 4.52 Å². The van der Waals surface area contributed by atoms with E-state index in [1.165, 1.54) is 30.7 Å². The number of hydrogen-bond donors (Lipinski definition) is 1. The third kappa shape index (κ3) is 3.93. The molecule has 0 bridgehead atoms. The molecule has 6 nitrogen and oxygen atoms in total. The lowest BCUT2D eigenvalue weighted by Gasteiger charge is -2.08. The molecule has 0 fully saturated rings. The van der Waals surface area contributed by atoms with Crippen molar-refractivity contribution in [1.82, 2.24) is 15.1 Å². The molecule has 0 unspecified atom stereocenters. The molecule has 1 N–H and O–H groups in total. The Hall–Kier alpha value is -3.94. The number of aromatic nitrogens is 3. The number of carbonyl (C=O) groups excluding carboxylic acids is 1. The molecule has 2 heterocycles. The van der Waals surface area contributed by atoms with Gasteiger partial charge in [0.05, 0.1) is 17.7 Å². The van der Waals surface area contributed by atoms with Crippen molar-refractivity contribution in [3.8, 4) is 22.5 Å². The van der Waals surface area contributed by atoms with Crippen molar-refractivity contribution in [2.75, 3.05) is 5.32 Å². The predicted octanol–water partition coefficient (Wildman–Crippen LogP) is 4.57. The molecule has 0 aliphatic rings. The number of hydrogen-bond acceptors (Lipinski definition) is 5. The lowest BCUT2D eigenvalue weighted by Crippen LogP contribution is -2.16. The highest BCUT2D eigenvalue weighted by Gasteiger charge is 2.23. The average molecular weight is 406 g/mol. The molecule has 2 aromatic carbocycles. The van der Waals surface area contributed by atoms with E-state index in [1.807, 2.05) is 0 Å². The highest BCUT2D eigenvalue weighted by Crippen LogP contribution is 2.36. The van der Waals surface area contributed by atoms with Crippen LogP contribution in [0.5, 0.6) is 0 Å². The molecule has 2 aromatic heterocycles. The van der Waals surface area contributed by atoms with Crippen molar-refractivity contribution in [2.45, 2.75) is 13.3 Å². The maximum absolute atomic E-state index is 14.1. The number of amides is 1. The van der Waals surface area contributed by atoms with Crippen LogP contribution in [0.1, 0.15) is 11.1 Å². The summed E-state index contributed by atoms with van der Waals surface area (Å²) in [6.07, 6.45) is 2.72. The maximum Gasteiger partial charge on any atom is 0.241 e. The van der Waals surface area contributed by atoms with Crippen molar-refractivity contribution in [1.29, 1.82) is 0 Å². The van der Waals surface area contributed by atoms with Crippen LogP contribution >= 0.6 is 0 Å². The monoisotopic (exact) mass is 406 g/mol. The van der Waals surface area contributed by atoms with Crippen molar-refractivity contribution < 1.29 is 18.1 Å². The van der Waals surface area contributed by atoms with Crippen molar-refractivity contribution in [3.05, 3.63) is 83.8 Å². The second-order valence-corrected chi connectivity index (χ2v) is 6.60. The Bertz CT molecular complexity index is 1170. The van der Waals surface area contributed by atoms with Gasteiger partial charge in [0.2, 0.25) is 11.8 Å². The molecule has 0 spiro atoms. The summed E-state index contributed by atoms with van der Waals surface area (Å²) in [6, 6.07) is 12.0. The molecule has 30 heavy (non-hydrogen) atoms. The first kappa shape index (κ1) is 19.4. The van der Waals surface area contributed by atoms with E-state index in [0.29, 0.717) is 33.6 Å².